The Bertz CT molecular complexity index is 482. The van der Waals surface area contributed by atoms with Gasteiger partial charge in [0.2, 0.25) is 0 Å². The van der Waals surface area contributed by atoms with Gasteiger partial charge < -0.3 is 5.11 Å². The molecule has 3 rings (SSSR count). The summed E-state index contributed by atoms with van der Waals surface area (Å²) in [5, 5.41) is 9.12. The van der Waals surface area contributed by atoms with Crippen LogP contribution in [0.4, 0.5) is 0 Å². The van der Waals surface area contributed by atoms with Crippen LogP contribution in [0.1, 0.15) is 16.7 Å². The fourth-order valence-corrected chi connectivity index (χ4v) is 1.65. The molecule has 3 aromatic rings. The largest absolute Gasteiger partial charge is 2.00 e. The molecule has 0 saturated carbocycles. The van der Waals surface area contributed by atoms with E-state index in [1.807, 2.05) is 74.5 Å². The molecule has 1 nitrogen and oxygen atoms in total. The van der Waals surface area contributed by atoms with Crippen molar-refractivity contribution in [2.75, 3.05) is 0 Å². The van der Waals surface area contributed by atoms with Gasteiger partial charge in [0, 0.05) is 0 Å². The third-order valence-corrected chi connectivity index (χ3v) is 3.02. The summed E-state index contributed by atoms with van der Waals surface area (Å²) in [4.78, 5) is 0. The Hall–Kier alpha value is -1.40. The molecule has 0 heterocycles. The van der Waals surface area contributed by atoms with Gasteiger partial charge >= 0.3 is 26.2 Å². The van der Waals surface area contributed by atoms with Crippen molar-refractivity contribution in [1.29, 1.82) is 0 Å². The summed E-state index contributed by atoms with van der Waals surface area (Å²) in [7, 11) is 0. The summed E-state index contributed by atoms with van der Waals surface area (Å²) >= 11 is 0. The van der Waals surface area contributed by atoms with Gasteiger partial charge in [-0.2, -0.15) is 36.4 Å². The van der Waals surface area contributed by atoms with E-state index in [0.717, 1.165) is 11.1 Å². The number of aromatic hydroxyl groups is 1. The molecular formula is C19H22OZr. The van der Waals surface area contributed by atoms with Crippen molar-refractivity contribution in [1.82, 2.24) is 0 Å². The summed E-state index contributed by atoms with van der Waals surface area (Å²) in [6, 6.07) is 23.6. The Morgan fingerprint density at radius 3 is 1.29 bits per heavy atom. The fourth-order valence-electron chi connectivity index (χ4n) is 1.65. The Morgan fingerprint density at radius 1 is 0.714 bits per heavy atom. The van der Waals surface area contributed by atoms with Crippen molar-refractivity contribution in [2.45, 2.75) is 20.8 Å². The van der Waals surface area contributed by atoms with Crippen LogP contribution in [-0.2, 0) is 26.2 Å². The third-order valence-electron chi connectivity index (χ3n) is 3.02. The molecule has 0 aliphatic heterocycles. The molecule has 0 atom stereocenters. The predicted molar refractivity (Wildman–Crippen MR) is 86.4 cm³/mol. The number of phenolic OH excluding ortho intramolecular Hbond substituents is 1. The minimum absolute atomic E-state index is 0. The van der Waals surface area contributed by atoms with Crippen molar-refractivity contribution in [3.05, 3.63) is 89.5 Å². The molecule has 0 amide bonds. The second-order valence-electron chi connectivity index (χ2n) is 4.63. The first-order valence-corrected chi connectivity index (χ1v) is 6.71. The Balaban J connectivity index is 0.000000307. The zero-order valence-electron chi connectivity index (χ0n) is 12.9. The summed E-state index contributed by atoms with van der Waals surface area (Å²) in [6.07, 6.45) is 0. The minimum atomic E-state index is 0. The summed E-state index contributed by atoms with van der Waals surface area (Å²) in [6.45, 7) is 6.06. The van der Waals surface area contributed by atoms with E-state index >= 15 is 0 Å². The van der Waals surface area contributed by atoms with Crippen LogP contribution in [-0.4, -0.2) is 5.11 Å². The smallest absolute Gasteiger partial charge is 0.508 e. The van der Waals surface area contributed by atoms with E-state index in [4.69, 9.17) is 5.11 Å². The molecule has 0 fully saturated rings. The molecule has 0 unspecified atom stereocenters. The van der Waals surface area contributed by atoms with Crippen LogP contribution in [0, 0.1) is 20.8 Å². The van der Waals surface area contributed by atoms with E-state index < -0.39 is 0 Å². The molecule has 0 spiro atoms. The molecule has 0 aromatic heterocycles. The molecule has 108 valence electrons. The average Bonchev–Trinajstić information content (AvgIpc) is 3.12. The zero-order valence-corrected chi connectivity index (χ0v) is 15.3. The molecule has 0 bridgehead atoms. The van der Waals surface area contributed by atoms with Crippen LogP contribution >= 0.6 is 0 Å². The van der Waals surface area contributed by atoms with Crippen LogP contribution in [0.5, 0.6) is 5.75 Å². The normalized spacial score (nSPS) is 8.52. The second kappa shape index (κ2) is 11.3. The van der Waals surface area contributed by atoms with Crippen LogP contribution in [0.25, 0.3) is 0 Å². The number of hydrogen-bond donors (Lipinski definition) is 1. The maximum atomic E-state index is 9.12. The van der Waals surface area contributed by atoms with Crippen LogP contribution in [0.15, 0.2) is 72.8 Å². The van der Waals surface area contributed by atoms with Crippen molar-refractivity contribution < 1.29 is 31.3 Å². The minimum Gasteiger partial charge on any atom is -0.508 e. The van der Waals surface area contributed by atoms with Gasteiger partial charge in [-0.3, -0.25) is 0 Å². The molecule has 1 N–H and O–H groups in total. The number of rotatable bonds is 0. The number of hydrogen-bond acceptors (Lipinski definition) is 1. The topological polar surface area (TPSA) is 20.2 Å². The van der Waals surface area contributed by atoms with Gasteiger partial charge in [0.1, 0.15) is 5.75 Å². The van der Waals surface area contributed by atoms with Crippen LogP contribution < -0.4 is 0 Å². The van der Waals surface area contributed by atoms with Gasteiger partial charge in [-0.1, -0.05) is 0 Å². The standard InChI is InChI=1S/C9H12O.2C5H5.Zr/c1-6-4-9(10)5-7(2)8(6)3;2*1-2-4-5-3-1;/h4-5,10H,1-3H3;2*1-5H;/q;2*-1;+2. The molecule has 0 aliphatic rings. The fraction of sp³-hybridized carbons (Fsp3) is 0.158. The summed E-state index contributed by atoms with van der Waals surface area (Å²) in [5.74, 6) is 0.362. The van der Waals surface area contributed by atoms with Crippen molar-refractivity contribution in [3.8, 4) is 5.75 Å². The second-order valence-corrected chi connectivity index (χ2v) is 4.63. The monoisotopic (exact) mass is 356 g/mol. The van der Waals surface area contributed by atoms with E-state index in [-0.39, 0.29) is 26.2 Å². The van der Waals surface area contributed by atoms with E-state index in [9.17, 15) is 0 Å². The van der Waals surface area contributed by atoms with Crippen molar-refractivity contribution in [3.63, 3.8) is 0 Å². The SMILES string of the molecule is Cc1cc(O)cc(C)c1C.[Zr+2].c1cc[cH-]c1.c1cc[cH-]c1. The van der Waals surface area contributed by atoms with Gasteiger partial charge in [-0.25, -0.2) is 24.3 Å². The van der Waals surface area contributed by atoms with E-state index in [2.05, 4.69) is 6.92 Å². The maximum Gasteiger partial charge on any atom is 2.00 e. The van der Waals surface area contributed by atoms with Gasteiger partial charge in [-0.05, 0) is 49.6 Å². The van der Waals surface area contributed by atoms with Gasteiger partial charge in [0.05, 0.1) is 0 Å². The van der Waals surface area contributed by atoms with Crippen LogP contribution in [0.2, 0.25) is 0 Å². The Labute approximate surface area is 147 Å². The summed E-state index contributed by atoms with van der Waals surface area (Å²) in [5.41, 5.74) is 3.56. The third kappa shape index (κ3) is 8.47. The summed E-state index contributed by atoms with van der Waals surface area (Å²) < 4.78 is 0. The molecule has 3 aromatic carbocycles. The van der Waals surface area contributed by atoms with Gasteiger partial charge in [0.15, 0.2) is 0 Å². The van der Waals surface area contributed by atoms with Crippen molar-refractivity contribution in [2.24, 2.45) is 0 Å². The van der Waals surface area contributed by atoms with Crippen molar-refractivity contribution >= 4 is 0 Å². The predicted octanol–water partition coefficient (Wildman–Crippen LogP) is 5.13. The van der Waals surface area contributed by atoms with E-state index in [1.54, 1.807) is 12.1 Å². The molecule has 0 radical (unpaired) electrons. The van der Waals surface area contributed by atoms with Crippen LogP contribution in [0.3, 0.4) is 0 Å². The van der Waals surface area contributed by atoms with E-state index in [0.29, 0.717) is 5.75 Å². The average molecular weight is 358 g/mol. The van der Waals surface area contributed by atoms with Gasteiger partial charge in [-0.15, -0.1) is 0 Å². The van der Waals surface area contributed by atoms with Gasteiger partial charge in [0.25, 0.3) is 0 Å². The maximum absolute atomic E-state index is 9.12. The molecule has 0 saturated heterocycles. The number of benzene rings is 1. The first kappa shape index (κ1) is 19.6. The quantitative estimate of drug-likeness (QED) is 0.553. The molecule has 2 heteroatoms. The first-order chi connectivity index (χ1) is 9.61. The first-order valence-electron chi connectivity index (χ1n) is 6.71. The van der Waals surface area contributed by atoms with E-state index in [1.165, 1.54) is 5.56 Å². The molecule has 0 aliphatic carbocycles. The Morgan fingerprint density at radius 2 is 1.05 bits per heavy atom. The number of aryl methyl sites for hydroxylation is 2. The molecule has 21 heavy (non-hydrogen) atoms. The zero-order chi connectivity index (χ0) is 14.8. The number of phenols is 1. The Kier molecular flexibility index (Phi) is 10.5. The molecular weight excluding hydrogens is 335 g/mol.